The molecule has 0 aliphatic carbocycles. The Morgan fingerprint density at radius 2 is 2.17 bits per heavy atom. The lowest BCUT2D eigenvalue weighted by Gasteiger charge is -2.23. The first-order valence-corrected chi connectivity index (χ1v) is 7.53. The zero-order chi connectivity index (χ0) is 12.5. The molecule has 4 nitrogen and oxygen atoms in total. The monoisotopic (exact) mass is 262 g/mol. The van der Waals surface area contributed by atoms with Crippen molar-refractivity contribution in [1.29, 1.82) is 0 Å². The van der Waals surface area contributed by atoms with Gasteiger partial charge in [0.15, 0.2) is 5.65 Å². The molecule has 0 bridgehead atoms. The molecule has 0 amide bonds. The normalized spacial score (nSPS) is 17.2. The molecule has 0 atom stereocenters. The number of anilines is 1. The summed E-state index contributed by atoms with van der Waals surface area (Å²) >= 11 is 2.05. The topological polar surface area (TPSA) is 42.7 Å². The van der Waals surface area contributed by atoms with Gasteiger partial charge >= 0.3 is 0 Å². The third-order valence-electron chi connectivity index (χ3n) is 3.46. The lowest BCUT2D eigenvalue weighted by molar-refractivity contribution is 0.666. The van der Waals surface area contributed by atoms with Crippen LogP contribution in [0.15, 0.2) is 12.3 Å². The molecule has 1 saturated heterocycles. The summed E-state index contributed by atoms with van der Waals surface area (Å²) in [5.41, 5.74) is 3.12. The molecule has 2 aromatic rings. The van der Waals surface area contributed by atoms with Crippen LogP contribution in [0, 0.1) is 6.92 Å². The highest BCUT2D eigenvalue weighted by atomic mass is 32.2. The van der Waals surface area contributed by atoms with Crippen LogP contribution in [0.3, 0.4) is 0 Å². The maximum atomic E-state index is 4.50. The van der Waals surface area contributed by atoms with E-state index < -0.39 is 0 Å². The summed E-state index contributed by atoms with van der Waals surface area (Å²) in [6, 6.07) is 2.77. The summed E-state index contributed by atoms with van der Waals surface area (Å²) in [6.45, 7) is 2.03. The summed E-state index contributed by atoms with van der Waals surface area (Å²) < 4.78 is 1.84. The van der Waals surface area contributed by atoms with Crippen LogP contribution in [-0.2, 0) is 7.05 Å². The van der Waals surface area contributed by atoms with Crippen LogP contribution < -0.4 is 5.32 Å². The summed E-state index contributed by atoms with van der Waals surface area (Å²) in [4.78, 5) is 4.50. The van der Waals surface area contributed by atoms with Crippen molar-refractivity contribution in [3.63, 3.8) is 0 Å². The lowest BCUT2D eigenvalue weighted by Crippen LogP contribution is -2.24. The van der Waals surface area contributed by atoms with Crippen LogP contribution in [0.4, 0.5) is 5.69 Å². The van der Waals surface area contributed by atoms with Gasteiger partial charge in [0.1, 0.15) is 0 Å². The lowest BCUT2D eigenvalue weighted by atomic mass is 10.1. The molecule has 0 saturated carbocycles. The average molecular weight is 262 g/mol. The Morgan fingerprint density at radius 3 is 2.94 bits per heavy atom. The summed E-state index contributed by atoms with van der Waals surface area (Å²) in [6.07, 6.45) is 4.41. The highest BCUT2D eigenvalue weighted by Gasteiger charge is 2.14. The number of pyridine rings is 1. The second-order valence-electron chi connectivity index (χ2n) is 4.84. The van der Waals surface area contributed by atoms with Crippen LogP contribution in [0.1, 0.15) is 18.5 Å². The number of nitrogens with one attached hydrogen (secondary N) is 1. The Morgan fingerprint density at radius 1 is 1.39 bits per heavy atom. The highest BCUT2D eigenvalue weighted by molar-refractivity contribution is 7.99. The van der Waals surface area contributed by atoms with Gasteiger partial charge in [-0.1, -0.05) is 0 Å². The van der Waals surface area contributed by atoms with Crippen molar-refractivity contribution in [2.45, 2.75) is 25.8 Å². The molecular weight excluding hydrogens is 244 g/mol. The number of thioether (sulfide) groups is 1. The van der Waals surface area contributed by atoms with E-state index in [9.17, 15) is 0 Å². The molecule has 96 valence electrons. The van der Waals surface area contributed by atoms with Gasteiger partial charge in [-0.15, -0.1) is 0 Å². The molecule has 3 rings (SSSR count). The molecule has 1 fully saturated rings. The molecule has 1 aliphatic heterocycles. The van der Waals surface area contributed by atoms with Crippen molar-refractivity contribution in [1.82, 2.24) is 14.8 Å². The van der Waals surface area contributed by atoms with Gasteiger partial charge in [-0.25, -0.2) is 4.98 Å². The van der Waals surface area contributed by atoms with Crippen molar-refractivity contribution in [2.24, 2.45) is 7.05 Å². The van der Waals surface area contributed by atoms with Gasteiger partial charge in [-0.3, -0.25) is 4.68 Å². The zero-order valence-electron chi connectivity index (χ0n) is 10.8. The number of hydrogen-bond acceptors (Lipinski definition) is 4. The minimum absolute atomic E-state index is 0.600. The van der Waals surface area contributed by atoms with E-state index in [-0.39, 0.29) is 0 Å². The van der Waals surface area contributed by atoms with Gasteiger partial charge in [0.25, 0.3) is 0 Å². The van der Waals surface area contributed by atoms with E-state index in [1.54, 1.807) is 0 Å². The van der Waals surface area contributed by atoms with Gasteiger partial charge in [0.05, 0.1) is 17.6 Å². The zero-order valence-corrected chi connectivity index (χ0v) is 11.6. The molecule has 0 spiro atoms. The molecule has 3 heterocycles. The fraction of sp³-hybridized carbons (Fsp3) is 0.538. The van der Waals surface area contributed by atoms with E-state index in [4.69, 9.17) is 0 Å². The minimum atomic E-state index is 0.600. The van der Waals surface area contributed by atoms with E-state index in [0.29, 0.717) is 6.04 Å². The predicted octanol–water partition coefficient (Wildman–Crippen LogP) is 2.58. The number of nitrogens with zero attached hydrogens (tertiary/aromatic N) is 3. The Balaban J connectivity index is 1.86. The Kier molecular flexibility index (Phi) is 3.16. The van der Waals surface area contributed by atoms with E-state index in [1.165, 1.54) is 24.3 Å². The fourth-order valence-electron chi connectivity index (χ4n) is 2.46. The number of rotatable bonds is 2. The molecule has 1 N–H and O–H groups in total. The predicted molar refractivity (Wildman–Crippen MR) is 77.2 cm³/mol. The Hall–Kier alpha value is -1.23. The van der Waals surface area contributed by atoms with Gasteiger partial charge in [-0.2, -0.15) is 16.9 Å². The van der Waals surface area contributed by atoms with Gasteiger partial charge in [0, 0.05) is 18.5 Å². The van der Waals surface area contributed by atoms with Crippen LogP contribution in [0.2, 0.25) is 0 Å². The molecule has 1 aliphatic rings. The number of hydrogen-bond donors (Lipinski definition) is 1. The highest BCUT2D eigenvalue weighted by Crippen LogP contribution is 2.23. The number of fused-ring (bicyclic) bond motifs is 1. The third kappa shape index (κ3) is 2.19. The van der Waals surface area contributed by atoms with Crippen molar-refractivity contribution in [3.8, 4) is 0 Å². The summed E-state index contributed by atoms with van der Waals surface area (Å²) in [5, 5.41) is 9.14. The maximum Gasteiger partial charge on any atom is 0.157 e. The van der Waals surface area contributed by atoms with Gasteiger partial charge < -0.3 is 5.32 Å². The first-order chi connectivity index (χ1) is 8.74. The molecule has 2 aromatic heterocycles. The second-order valence-corrected chi connectivity index (χ2v) is 6.06. The average Bonchev–Trinajstić information content (AvgIpc) is 2.66. The SMILES string of the molecule is Cc1nn(C)c2ncc(NC3CCSCC3)cc12. The molecule has 18 heavy (non-hydrogen) atoms. The number of aryl methyl sites for hydroxylation is 2. The maximum absolute atomic E-state index is 4.50. The van der Waals surface area contributed by atoms with Crippen LogP contribution in [-0.4, -0.2) is 32.3 Å². The van der Waals surface area contributed by atoms with E-state index in [0.717, 1.165) is 22.4 Å². The van der Waals surface area contributed by atoms with Crippen LogP contribution in [0.5, 0.6) is 0 Å². The molecule has 0 aromatic carbocycles. The summed E-state index contributed by atoms with van der Waals surface area (Å²) in [5.74, 6) is 2.53. The first kappa shape index (κ1) is 11.8. The fourth-order valence-corrected chi connectivity index (χ4v) is 3.57. The summed E-state index contributed by atoms with van der Waals surface area (Å²) in [7, 11) is 1.94. The third-order valence-corrected chi connectivity index (χ3v) is 4.50. The van der Waals surface area contributed by atoms with E-state index in [1.807, 2.05) is 36.6 Å². The van der Waals surface area contributed by atoms with Gasteiger partial charge in [0.2, 0.25) is 0 Å². The van der Waals surface area contributed by atoms with E-state index >= 15 is 0 Å². The van der Waals surface area contributed by atoms with Crippen molar-refractivity contribution in [3.05, 3.63) is 18.0 Å². The van der Waals surface area contributed by atoms with E-state index in [2.05, 4.69) is 21.5 Å². The van der Waals surface area contributed by atoms with Gasteiger partial charge in [-0.05, 0) is 37.3 Å². The van der Waals surface area contributed by atoms with Crippen molar-refractivity contribution in [2.75, 3.05) is 16.8 Å². The minimum Gasteiger partial charge on any atom is -0.381 e. The van der Waals surface area contributed by atoms with Crippen LogP contribution >= 0.6 is 11.8 Å². The quantitative estimate of drug-likeness (QED) is 0.903. The molecule has 5 heteroatoms. The molecule has 0 radical (unpaired) electrons. The smallest absolute Gasteiger partial charge is 0.157 e. The Labute approximate surface area is 111 Å². The van der Waals surface area contributed by atoms with Crippen LogP contribution in [0.25, 0.3) is 11.0 Å². The standard InChI is InChI=1S/C13H18N4S/c1-9-12-7-11(8-14-13(12)17(2)16-9)15-10-3-5-18-6-4-10/h7-8,10,15H,3-6H2,1-2H3. The Bertz CT molecular complexity index is 557. The largest absolute Gasteiger partial charge is 0.381 e. The first-order valence-electron chi connectivity index (χ1n) is 6.37. The molecular formula is C13H18N4S. The second kappa shape index (κ2) is 4.80. The molecule has 0 unspecified atom stereocenters. The van der Waals surface area contributed by atoms with Crippen molar-refractivity contribution < 1.29 is 0 Å². The number of aromatic nitrogens is 3. The van der Waals surface area contributed by atoms with Crippen molar-refractivity contribution >= 4 is 28.5 Å².